The number of nitrogens with zero attached hydrogens (tertiary/aromatic N) is 3. The zero-order valence-corrected chi connectivity index (χ0v) is 13.8. The highest BCUT2D eigenvalue weighted by Gasteiger charge is 2.56. The zero-order valence-electron chi connectivity index (χ0n) is 13.8. The maximum atomic E-state index is 12.9. The van der Waals surface area contributed by atoms with Crippen LogP contribution in [0.15, 0.2) is 0 Å². The summed E-state index contributed by atoms with van der Waals surface area (Å²) in [5, 5.41) is 39.1. The van der Waals surface area contributed by atoms with Crippen molar-refractivity contribution in [2.24, 2.45) is 5.92 Å². The SMILES string of the molecule is N#C[C@@H]1CCCN1C(=O)[C@@H]1[C@H]2C[C@H]([C@H](OC[C@H](O)CO)C2)N1C(=O)[O-]. The highest BCUT2D eigenvalue weighted by Crippen LogP contribution is 2.44. The molecule has 25 heavy (non-hydrogen) atoms. The Bertz CT molecular complexity index is 579. The molecule has 1 aliphatic carbocycles. The Morgan fingerprint density at radius 2 is 2.16 bits per heavy atom. The van der Waals surface area contributed by atoms with Gasteiger partial charge in [-0.15, -0.1) is 0 Å². The summed E-state index contributed by atoms with van der Waals surface area (Å²) in [6.07, 6.45) is -0.523. The third-order valence-electron chi connectivity index (χ3n) is 5.47. The van der Waals surface area contributed by atoms with Gasteiger partial charge in [0.25, 0.3) is 0 Å². The summed E-state index contributed by atoms with van der Waals surface area (Å²) >= 11 is 0. The van der Waals surface area contributed by atoms with Gasteiger partial charge in [-0.3, -0.25) is 4.79 Å². The van der Waals surface area contributed by atoms with E-state index in [1.165, 1.54) is 4.90 Å². The minimum Gasteiger partial charge on any atom is -0.530 e. The quantitative estimate of drug-likeness (QED) is 0.586. The summed E-state index contributed by atoms with van der Waals surface area (Å²) in [6.45, 7) is -0.0579. The first-order valence-corrected chi connectivity index (χ1v) is 8.57. The van der Waals surface area contributed by atoms with Gasteiger partial charge in [-0.1, -0.05) is 0 Å². The van der Waals surface area contributed by atoms with Crippen LogP contribution in [-0.2, 0) is 9.53 Å². The summed E-state index contributed by atoms with van der Waals surface area (Å²) in [5.74, 6) is -0.513. The van der Waals surface area contributed by atoms with Crippen LogP contribution in [0.5, 0.6) is 0 Å². The van der Waals surface area contributed by atoms with Gasteiger partial charge < -0.3 is 34.7 Å². The highest BCUT2D eigenvalue weighted by molar-refractivity contribution is 5.87. The van der Waals surface area contributed by atoms with Crippen molar-refractivity contribution in [1.29, 1.82) is 5.26 Å². The van der Waals surface area contributed by atoms with Crippen molar-refractivity contribution in [3.63, 3.8) is 0 Å². The maximum Gasteiger partial charge on any atom is 0.246 e. The minimum absolute atomic E-state index is 0.0908. The van der Waals surface area contributed by atoms with E-state index in [2.05, 4.69) is 6.07 Å². The number of hydrogen-bond donors (Lipinski definition) is 2. The fourth-order valence-corrected chi connectivity index (χ4v) is 4.37. The topological polar surface area (TPSA) is 137 Å². The largest absolute Gasteiger partial charge is 0.530 e. The van der Waals surface area contributed by atoms with E-state index in [4.69, 9.17) is 9.84 Å². The molecule has 3 aliphatic rings. The number of carboxylic acid groups (broad SMARTS) is 1. The van der Waals surface area contributed by atoms with E-state index in [1.54, 1.807) is 0 Å². The molecule has 2 saturated heterocycles. The molecular formula is C16H22N3O6-. The molecule has 2 heterocycles. The molecule has 0 aromatic carbocycles. The fourth-order valence-electron chi connectivity index (χ4n) is 4.37. The van der Waals surface area contributed by atoms with Crippen LogP contribution in [0.4, 0.5) is 4.79 Å². The Labute approximate surface area is 145 Å². The zero-order chi connectivity index (χ0) is 18.1. The van der Waals surface area contributed by atoms with Crippen LogP contribution in [0.2, 0.25) is 0 Å². The standard InChI is InChI=1S/C16H23N3O6/c17-6-10-2-1-3-18(10)15(22)14-9-4-12(19(14)16(23)24)13(5-9)25-8-11(21)7-20/h9-14,20-21H,1-5,7-8H2,(H,23,24)/p-1/t9-,10-,11+,12+,13+,14-/m0/s1. The predicted molar refractivity (Wildman–Crippen MR) is 80.7 cm³/mol. The predicted octanol–water partition coefficient (Wildman–Crippen LogP) is -1.95. The summed E-state index contributed by atoms with van der Waals surface area (Å²) in [4.78, 5) is 27.0. The average Bonchev–Trinajstić information content (AvgIpc) is 3.31. The van der Waals surface area contributed by atoms with Gasteiger partial charge in [0.2, 0.25) is 5.91 Å². The lowest BCUT2D eigenvalue weighted by molar-refractivity contribution is -0.272. The number of ether oxygens (including phenoxy) is 1. The van der Waals surface area contributed by atoms with Crippen molar-refractivity contribution < 1.29 is 29.6 Å². The molecule has 9 nitrogen and oxygen atoms in total. The van der Waals surface area contributed by atoms with Crippen molar-refractivity contribution in [3.8, 4) is 6.07 Å². The molecule has 6 atom stereocenters. The van der Waals surface area contributed by atoms with Crippen molar-refractivity contribution in [2.75, 3.05) is 19.8 Å². The lowest BCUT2D eigenvalue weighted by atomic mass is 9.96. The number of aliphatic hydroxyl groups is 2. The molecule has 0 spiro atoms. The van der Waals surface area contributed by atoms with E-state index in [0.717, 1.165) is 11.3 Å². The van der Waals surface area contributed by atoms with Gasteiger partial charge in [-0.2, -0.15) is 5.26 Å². The molecule has 2 N–H and O–H groups in total. The van der Waals surface area contributed by atoms with Crippen molar-refractivity contribution in [2.45, 2.75) is 56.0 Å². The van der Waals surface area contributed by atoms with Crippen LogP contribution in [0.3, 0.4) is 0 Å². The van der Waals surface area contributed by atoms with E-state index in [0.29, 0.717) is 25.8 Å². The van der Waals surface area contributed by atoms with Crippen molar-refractivity contribution in [1.82, 2.24) is 9.80 Å². The Balaban J connectivity index is 1.72. The molecule has 0 aromatic heterocycles. The third-order valence-corrected chi connectivity index (χ3v) is 5.47. The molecule has 0 aromatic rings. The van der Waals surface area contributed by atoms with Crippen LogP contribution in [0, 0.1) is 17.2 Å². The number of hydrogen-bond acceptors (Lipinski definition) is 7. The number of rotatable bonds is 5. The number of piperidine rings is 1. The second kappa shape index (κ2) is 7.15. The molecule has 1 saturated carbocycles. The van der Waals surface area contributed by atoms with Crippen LogP contribution in [0.1, 0.15) is 25.7 Å². The average molecular weight is 352 g/mol. The number of fused-ring (bicyclic) bond motifs is 2. The second-order valence-electron chi connectivity index (χ2n) is 6.94. The summed E-state index contributed by atoms with van der Waals surface area (Å²) in [5.41, 5.74) is 0. The monoisotopic (exact) mass is 352 g/mol. The molecule has 138 valence electrons. The van der Waals surface area contributed by atoms with Gasteiger partial charge in [-0.05, 0) is 31.6 Å². The lowest BCUT2D eigenvalue weighted by Crippen LogP contribution is -2.60. The normalized spacial score (nSPS) is 35.0. The fraction of sp³-hybridized carbons (Fsp3) is 0.812. The number of likely N-dealkylation sites (tertiary alicyclic amines) is 2. The number of carbonyl (C=O) groups excluding carboxylic acids is 2. The summed E-state index contributed by atoms with van der Waals surface area (Å²) in [7, 11) is 0. The minimum atomic E-state index is -1.42. The molecule has 3 fully saturated rings. The Morgan fingerprint density at radius 3 is 2.80 bits per heavy atom. The summed E-state index contributed by atoms with van der Waals surface area (Å²) in [6, 6.07) is 0.275. The lowest BCUT2D eigenvalue weighted by Gasteiger charge is -2.41. The van der Waals surface area contributed by atoms with E-state index in [-0.39, 0.29) is 18.4 Å². The third kappa shape index (κ3) is 3.17. The van der Waals surface area contributed by atoms with Gasteiger partial charge in [0.1, 0.15) is 24.3 Å². The van der Waals surface area contributed by atoms with E-state index < -0.39 is 43.0 Å². The smallest absolute Gasteiger partial charge is 0.246 e. The van der Waals surface area contributed by atoms with Crippen LogP contribution >= 0.6 is 0 Å². The number of nitriles is 1. The maximum absolute atomic E-state index is 12.9. The number of carbonyl (C=O) groups is 2. The van der Waals surface area contributed by atoms with Gasteiger partial charge in [-0.25, -0.2) is 0 Å². The Hall–Kier alpha value is -1.89. The first-order valence-electron chi connectivity index (χ1n) is 8.57. The molecule has 2 amide bonds. The first kappa shape index (κ1) is 17.9. The molecule has 2 bridgehead atoms. The molecule has 0 radical (unpaired) electrons. The Morgan fingerprint density at radius 1 is 1.40 bits per heavy atom. The van der Waals surface area contributed by atoms with Crippen molar-refractivity contribution in [3.05, 3.63) is 0 Å². The highest BCUT2D eigenvalue weighted by atomic mass is 16.5. The molecule has 9 heteroatoms. The van der Waals surface area contributed by atoms with Crippen LogP contribution < -0.4 is 5.11 Å². The van der Waals surface area contributed by atoms with E-state index in [1.807, 2.05) is 0 Å². The van der Waals surface area contributed by atoms with Gasteiger partial charge in [0.15, 0.2) is 0 Å². The van der Waals surface area contributed by atoms with Crippen LogP contribution in [0.25, 0.3) is 0 Å². The first-order chi connectivity index (χ1) is 12.0. The number of aliphatic hydroxyl groups excluding tert-OH is 2. The van der Waals surface area contributed by atoms with Gasteiger partial charge in [0, 0.05) is 6.54 Å². The van der Waals surface area contributed by atoms with Crippen LogP contribution in [-0.4, -0.2) is 82.1 Å². The van der Waals surface area contributed by atoms with E-state index >= 15 is 0 Å². The molecule has 2 aliphatic heterocycles. The van der Waals surface area contributed by atoms with Gasteiger partial charge in [0.05, 0.1) is 31.4 Å². The second-order valence-corrected chi connectivity index (χ2v) is 6.94. The summed E-state index contributed by atoms with van der Waals surface area (Å²) < 4.78 is 5.55. The molecule has 0 unspecified atom stereocenters. The number of amides is 2. The molecule has 3 rings (SSSR count). The Kier molecular flexibility index (Phi) is 5.13. The molecular weight excluding hydrogens is 330 g/mol. The van der Waals surface area contributed by atoms with Crippen molar-refractivity contribution >= 4 is 12.0 Å². The van der Waals surface area contributed by atoms with E-state index in [9.17, 15) is 25.1 Å². The van der Waals surface area contributed by atoms with Gasteiger partial charge >= 0.3 is 0 Å².